The third kappa shape index (κ3) is 5.72. The Bertz CT molecular complexity index is 2160. The second-order valence-electron chi connectivity index (χ2n) is 13.6. The largest absolute Gasteiger partial charge is 0.507 e. The Balaban J connectivity index is 1.64. The van der Waals surface area contributed by atoms with Crippen LogP contribution in [-0.2, 0) is 9.59 Å². The maximum absolute atomic E-state index is 13.8. The number of hydrogen-bond donors (Lipinski definition) is 8. The average molecular weight is 701 g/mol. The minimum absolute atomic E-state index is 0.0772. The molecule has 52 heavy (non-hydrogen) atoms. The van der Waals surface area contributed by atoms with Crippen LogP contribution in [-0.4, -0.2) is 42.2 Å². The SMILES string of the molecule is Cc1cc2c(c(O)c1-c1c(C)cc3c(c1O)/C(=C\Nc1ccccc1O)C(=O)C(O)=C3C(C)C)/C(=C/Nc1ccccc1O)C(=O)C(O)=C2C(C)C. The molecule has 0 unspecified atom stereocenters. The molecule has 0 aliphatic heterocycles. The number of ketones is 2. The molecule has 0 saturated carbocycles. The van der Waals surface area contributed by atoms with E-state index in [0.29, 0.717) is 33.4 Å². The number of aromatic hydroxyl groups is 4. The lowest BCUT2D eigenvalue weighted by Crippen LogP contribution is -2.20. The van der Waals surface area contributed by atoms with Crippen LogP contribution in [0.3, 0.4) is 0 Å². The van der Waals surface area contributed by atoms with E-state index in [9.17, 15) is 40.2 Å². The van der Waals surface area contributed by atoms with Gasteiger partial charge in [0.05, 0.1) is 22.5 Å². The molecule has 0 heterocycles. The van der Waals surface area contributed by atoms with E-state index >= 15 is 0 Å². The van der Waals surface area contributed by atoms with Gasteiger partial charge in [0.25, 0.3) is 0 Å². The summed E-state index contributed by atoms with van der Waals surface area (Å²) in [5, 5.41) is 73.4. The highest BCUT2D eigenvalue weighted by atomic mass is 16.3. The van der Waals surface area contributed by atoms with Gasteiger partial charge in [0, 0.05) is 45.8 Å². The highest BCUT2D eigenvalue weighted by molar-refractivity contribution is 6.35. The number of rotatable bonds is 7. The van der Waals surface area contributed by atoms with Crippen molar-refractivity contribution in [3.05, 3.63) is 118 Å². The number of phenols is 4. The van der Waals surface area contributed by atoms with Crippen LogP contribution in [0.5, 0.6) is 23.0 Å². The fourth-order valence-electron chi connectivity index (χ4n) is 7.12. The molecule has 0 fully saturated rings. The highest BCUT2D eigenvalue weighted by Crippen LogP contribution is 2.53. The van der Waals surface area contributed by atoms with Crippen molar-refractivity contribution in [1.82, 2.24) is 0 Å². The van der Waals surface area contributed by atoms with E-state index in [1.807, 2.05) is 27.7 Å². The molecule has 0 spiro atoms. The van der Waals surface area contributed by atoms with Gasteiger partial charge in [-0.25, -0.2) is 0 Å². The van der Waals surface area contributed by atoms with E-state index in [2.05, 4.69) is 10.6 Å². The van der Waals surface area contributed by atoms with Gasteiger partial charge in [-0.3, -0.25) is 9.59 Å². The number of Topliss-reactive ketones (excluding diaryl/α,β-unsaturated/α-hetero) is 2. The molecular formula is C42H40N2O8. The molecule has 4 aromatic rings. The van der Waals surface area contributed by atoms with Gasteiger partial charge in [-0.05, 0) is 72.2 Å². The number of anilines is 2. The third-order valence-electron chi connectivity index (χ3n) is 9.50. The Labute approximate surface area is 301 Å². The van der Waals surface area contributed by atoms with E-state index in [-0.39, 0.29) is 79.6 Å². The number of aliphatic hydroxyl groups excluding tert-OH is 2. The Morgan fingerprint density at radius 1 is 0.538 bits per heavy atom. The summed E-state index contributed by atoms with van der Waals surface area (Å²) in [7, 11) is 0. The van der Waals surface area contributed by atoms with Crippen LogP contribution in [0.4, 0.5) is 11.4 Å². The number of aryl methyl sites for hydroxylation is 2. The number of carbonyl (C=O) groups excluding carboxylic acids is 2. The van der Waals surface area contributed by atoms with Gasteiger partial charge in [-0.1, -0.05) is 64.1 Å². The number of aliphatic hydroxyl groups is 2. The predicted octanol–water partition coefficient (Wildman–Crippen LogP) is 8.71. The van der Waals surface area contributed by atoms with Gasteiger partial charge in [-0.2, -0.15) is 0 Å². The first kappa shape index (κ1) is 35.4. The first-order valence-electron chi connectivity index (χ1n) is 16.9. The van der Waals surface area contributed by atoms with Gasteiger partial charge in [0.1, 0.15) is 23.0 Å². The molecule has 0 aromatic heterocycles. The molecule has 2 aliphatic carbocycles. The van der Waals surface area contributed by atoms with E-state index in [0.717, 1.165) is 0 Å². The lowest BCUT2D eigenvalue weighted by Gasteiger charge is -2.29. The normalized spacial score (nSPS) is 15.9. The molecule has 0 atom stereocenters. The zero-order valence-corrected chi connectivity index (χ0v) is 29.6. The molecule has 2 aliphatic rings. The zero-order valence-electron chi connectivity index (χ0n) is 29.6. The van der Waals surface area contributed by atoms with Crippen LogP contribution in [0, 0.1) is 25.7 Å². The minimum atomic E-state index is -0.746. The van der Waals surface area contributed by atoms with E-state index in [4.69, 9.17) is 0 Å². The smallest absolute Gasteiger partial charge is 0.229 e. The zero-order chi connectivity index (χ0) is 37.8. The molecule has 6 rings (SSSR count). The Hall–Kier alpha value is -6.42. The Kier molecular flexibility index (Phi) is 9.10. The molecular weight excluding hydrogens is 660 g/mol. The topological polar surface area (TPSA) is 180 Å². The number of para-hydroxylation sites is 4. The maximum Gasteiger partial charge on any atom is 0.229 e. The molecule has 10 nitrogen and oxygen atoms in total. The van der Waals surface area contributed by atoms with Gasteiger partial charge < -0.3 is 41.3 Å². The van der Waals surface area contributed by atoms with Crippen LogP contribution in [0.2, 0.25) is 0 Å². The quantitative estimate of drug-likeness (QED) is 0.0686. The summed E-state index contributed by atoms with van der Waals surface area (Å²) in [4.78, 5) is 27.6. The molecule has 4 aromatic carbocycles. The number of allylic oxidation sites excluding steroid dienone is 4. The summed E-state index contributed by atoms with van der Waals surface area (Å²) in [5.41, 5.74) is 3.54. The lowest BCUT2D eigenvalue weighted by molar-refractivity contribution is -0.113. The summed E-state index contributed by atoms with van der Waals surface area (Å²) in [5.74, 6) is -3.91. The van der Waals surface area contributed by atoms with Crippen LogP contribution >= 0.6 is 0 Å². The predicted molar refractivity (Wildman–Crippen MR) is 203 cm³/mol. The van der Waals surface area contributed by atoms with Crippen LogP contribution in [0.15, 0.2) is 84.6 Å². The monoisotopic (exact) mass is 700 g/mol. The molecule has 8 N–H and O–H groups in total. The number of nitrogens with one attached hydrogen (secondary N) is 2. The highest BCUT2D eigenvalue weighted by Gasteiger charge is 2.38. The van der Waals surface area contributed by atoms with Crippen molar-refractivity contribution in [3.63, 3.8) is 0 Å². The van der Waals surface area contributed by atoms with Crippen LogP contribution < -0.4 is 10.6 Å². The number of carbonyl (C=O) groups is 2. The Morgan fingerprint density at radius 3 is 1.21 bits per heavy atom. The maximum atomic E-state index is 13.8. The number of benzene rings is 4. The molecule has 0 saturated heterocycles. The van der Waals surface area contributed by atoms with Crippen molar-refractivity contribution in [2.75, 3.05) is 10.6 Å². The van der Waals surface area contributed by atoms with Gasteiger partial charge in [0.15, 0.2) is 11.5 Å². The molecule has 266 valence electrons. The Morgan fingerprint density at radius 2 is 0.885 bits per heavy atom. The van der Waals surface area contributed by atoms with Gasteiger partial charge >= 0.3 is 0 Å². The lowest BCUT2D eigenvalue weighted by atomic mass is 9.75. The minimum Gasteiger partial charge on any atom is -0.507 e. The van der Waals surface area contributed by atoms with Crippen molar-refractivity contribution in [3.8, 4) is 34.1 Å². The average Bonchev–Trinajstić information content (AvgIpc) is 3.08. The molecule has 0 radical (unpaired) electrons. The van der Waals surface area contributed by atoms with Crippen molar-refractivity contribution >= 4 is 45.2 Å². The first-order chi connectivity index (χ1) is 24.6. The van der Waals surface area contributed by atoms with E-state index in [1.165, 1.54) is 24.5 Å². The summed E-state index contributed by atoms with van der Waals surface area (Å²) in [6.07, 6.45) is 2.63. The summed E-state index contributed by atoms with van der Waals surface area (Å²) >= 11 is 0. The van der Waals surface area contributed by atoms with Gasteiger partial charge in [0.2, 0.25) is 11.6 Å². The second-order valence-corrected chi connectivity index (χ2v) is 13.6. The molecule has 0 bridgehead atoms. The number of fused-ring (bicyclic) bond motifs is 2. The van der Waals surface area contributed by atoms with E-state index in [1.54, 1.807) is 62.4 Å². The number of phenolic OH excluding ortho intramolecular Hbond substituents is 4. The van der Waals surface area contributed by atoms with Crippen molar-refractivity contribution in [2.24, 2.45) is 11.8 Å². The second kappa shape index (κ2) is 13.4. The van der Waals surface area contributed by atoms with Crippen molar-refractivity contribution in [1.29, 1.82) is 0 Å². The van der Waals surface area contributed by atoms with Crippen molar-refractivity contribution in [2.45, 2.75) is 41.5 Å². The summed E-state index contributed by atoms with van der Waals surface area (Å²) in [6.45, 7) is 10.7. The first-order valence-corrected chi connectivity index (χ1v) is 16.9. The summed E-state index contributed by atoms with van der Waals surface area (Å²) in [6, 6.07) is 16.3. The molecule has 0 amide bonds. The number of hydrogen-bond acceptors (Lipinski definition) is 10. The fraction of sp³-hybridized carbons (Fsp3) is 0.190. The fourth-order valence-corrected chi connectivity index (χ4v) is 7.12. The third-order valence-corrected chi connectivity index (χ3v) is 9.50. The van der Waals surface area contributed by atoms with Crippen LogP contribution in [0.1, 0.15) is 61.1 Å². The summed E-state index contributed by atoms with van der Waals surface area (Å²) < 4.78 is 0. The van der Waals surface area contributed by atoms with E-state index < -0.39 is 23.1 Å². The van der Waals surface area contributed by atoms with Gasteiger partial charge in [-0.15, -0.1) is 0 Å². The van der Waals surface area contributed by atoms with Crippen molar-refractivity contribution < 1.29 is 40.2 Å². The molecule has 10 heteroatoms. The van der Waals surface area contributed by atoms with Crippen LogP contribution in [0.25, 0.3) is 33.4 Å². The standard InChI is InChI=1S/C42H40N2O8/c1-19(2)31-23-15-21(5)33(39(49)35(23)25(37(47)41(31)51)17-43-27-11-7-9-13-29(27)45)34-22(6)16-24-32(20(3)4)42(52)38(48)26(36(24)40(34)50)18-44-28-12-8-10-14-30(28)46/h7-20,43-46,49-52H,1-6H3/b25-17-,26-18+.